The van der Waals surface area contributed by atoms with E-state index < -0.39 is 17.0 Å². The number of hydrogen-bond acceptors (Lipinski definition) is 4. The molecule has 6 N–H and O–H groups in total. The Morgan fingerprint density at radius 3 is 2.43 bits per heavy atom. The molecule has 2 aliphatic carbocycles. The summed E-state index contributed by atoms with van der Waals surface area (Å²) in [6.07, 6.45) is 6.46. The first-order valence-corrected chi connectivity index (χ1v) is 12.4. The van der Waals surface area contributed by atoms with Crippen LogP contribution in [-0.2, 0) is 49.6 Å². The smallest absolute Gasteiger partial charge is 0.316 e. The molecular formula is C21H29FN4O2S2. The highest BCUT2D eigenvalue weighted by molar-refractivity contribution is 7.85. The Labute approximate surface area is 183 Å². The maximum atomic E-state index is 13.5. The van der Waals surface area contributed by atoms with E-state index >= 15 is 0 Å². The van der Waals surface area contributed by atoms with Gasteiger partial charge in [0, 0.05) is 29.2 Å². The third kappa shape index (κ3) is 4.59. The molecule has 2 heterocycles. The van der Waals surface area contributed by atoms with Gasteiger partial charge in [0.05, 0.1) is 0 Å². The molecule has 1 aromatic carbocycles. The van der Waals surface area contributed by atoms with E-state index in [0.717, 1.165) is 49.2 Å². The summed E-state index contributed by atoms with van der Waals surface area (Å²) in [5.41, 5.74) is 12.3. The van der Waals surface area contributed by atoms with Crippen LogP contribution in [0.3, 0.4) is 0 Å². The molecule has 5 rings (SSSR count). The van der Waals surface area contributed by atoms with Gasteiger partial charge in [0.25, 0.3) is 0 Å². The SMILES string of the molecule is CC.NC(=O)Nc1c2c(cc3c1CC3)CCC2.NS(=O)c1sc2c(c1F)CNCC2. The molecule has 3 aliphatic rings. The molecule has 6 nitrogen and oxygen atoms in total. The van der Waals surface area contributed by atoms with Gasteiger partial charge in [-0.15, -0.1) is 11.3 Å². The van der Waals surface area contributed by atoms with Crippen molar-refractivity contribution in [3.8, 4) is 0 Å². The van der Waals surface area contributed by atoms with E-state index in [2.05, 4.69) is 16.7 Å². The minimum absolute atomic E-state index is 0.175. The predicted octanol–water partition coefficient (Wildman–Crippen LogP) is 3.30. The number of hydrogen-bond donors (Lipinski definition) is 4. The number of carbonyl (C=O) groups is 1. The average molecular weight is 453 g/mol. The normalized spacial score (nSPS) is 16.4. The highest BCUT2D eigenvalue weighted by Gasteiger charge is 2.26. The number of urea groups is 1. The van der Waals surface area contributed by atoms with Crippen LogP contribution in [0, 0.1) is 5.82 Å². The third-order valence-electron chi connectivity index (χ3n) is 5.50. The molecule has 1 atom stereocenters. The largest absolute Gasteiger partial charge is 0.351 e. The fraction of sp³-hybridized carbons (Fsp3) is 0.476. The molecule has 0 bridgehead atoms. The van der Waals surface area contributed by atoms with Crippen LogP contribution in [-0.4, -0.2) is 16.8 Å². The van der Waals surface area contributed by atoms with Crippen molar-refractivity contribution in [1.29, 1.82) is 0 Å². The van der Waals surface area contributed by atoms with Crippen molar-refractivity contribution in [2.24, 2.45) is 10.9 Å². The lowest BCUT2D eigenvalue weighted by Gasteiger charge is -2.25. The Morgan fingerprint density at radius 1 is 1.13 bits per heavy atom. The van der Waals surface area contributed by atoms with Crippen LogP contribution in [0.2, 0.25) is 0 Å². The van der Waals surface area contributed by atoms with Gasteiger partial charge in [0.15, 0.2) is 5.82 Å². The van der Waals surface area contributed by atoms with Crippen LogP contribution in [0.25, 0.3) is 0 Å². The minimum atomic E-state index is -1.69. The number of nitrogens with one attached hydrogen (secondary N) is 2. The Morgan fingerprint density at radius 2 is 1.83 bits per heavy atom. The van der Waals surface area contributed by atoms with Gasteiger partial charge in [-0.05, 0) is 60.8 Å². The number of aryl methyl sites for hydroxylation is 2. The zero-order valence-corrected chi connectivity index (χ0v) is 19.0. The quantitative estimate of drug-likeness (QED) is 0.561. The summed E-state index contributed by atoms with van der Waals surface area (Å²) in [5.74, 6) is -0.381. The number of rotatable bonds is 2. The molecule has 1 aromatic heterocycles. The van der Waals surface area contributed by atoms with Crippen LogP contribution in [0.1, 0.15) is 53.0 Å². The molecule has 0 saturated heterocycles. The number of anilines is 1. The lowest BCUT2D eigenvalue weighted by molar-refractivity contribution is 0.259. The molecular weight excluding hydrogens is 423 g/mol. The summed E-state index contributed by atoms with van der Waals surface area (Å²) in [4.78, 5) is 11.9. The van der Waals surface area contributed by atoms with E-state index in [0.29, 0.717) is 12.1 Å². The molecule has 2 aromatic rings. The van der Waals surface area contributed by atoms with Gasteiger partial charge in [-0.25, -0.2) is 18.5 Å². The van der Waals surface area contributed by atoms with Crippen LogP contribution in [0.4, 0.5) is 14.9 Å². The third-order valence-corrected chi connectivity index (χ3v) is 7.85. The first-order chi connectivity index (χ1) is 14.5. The van der Waals surface area contributed by atoms with Crippen LogP contribution < -0.4 is 21.5 Å². The standard InChI is InChI=1S/C12H14N2O.C7H9FN2OS2.C2H6/c13-12(15)14-11-9-3-1-2-7(9)6-8-4-5-10(8)11;8-6-4-3-10-2-1-5(4)12-7(6)13(9)11;1-2/h6H,1-5H2,(H3,13,14,15);10H,1-3,9H2;1-2H3. The van der Waals surface area contributed by atoms with Crippen molar-refractivity contribution in [2.75, 3.05) is 11.9 Å². The molecule has 0 saturated carbocycles. The van der Waals surface area contributed by atoms with Crippen molar-refractivity contribution in [2.45, 2.75) is 63.1 Å². The van der Waals surface area contributed by atoms with Crippen molar-refractivity contribution in [1.82, 2.24) is 5.32 Å². The van der Waals surface area contributed by atoms with E-state index in [9.17, 15) is 13.4 Å². The number of primary amides is 1. The predicted molar refractivity (Wildman–Crippen MR) is 121 cm³/mol. The first kappa shape index (κ1) is 22.9. The summed E-state index contributed by atoms with van der Waals surface area (Å²) in [7, 11) is -1.69. The van der Waals surface area contributed by atoms with Crippen molar-refractivity contribution < 1.29 is 13.4 Å². The zero-order chi connectivity index (χ0) is 21.8. The zero-order valence-electron chi connectivity index (χ0n) is 17.4. The number of benzene rings is 1. The molecule has 164 valence electrons. The van der Waals surface area contributed by atoms with Crippen LogP contribution in [0.15, 0.2) is 10.3 Å². The lowest BCUT2D eigenvalue weighted by Crippen LogP contribution is -2.24. The monoisotopic (exact) mass is 452 g/mol. The number of amides is 2. The Bertz CT molecular complexity index is 975. The fourth-order valence-corrected chi connectivity index (χ4v) is 5.96. The number of thiophene rings is 1. The van der Waals surface area contributed by atoms with E-state index in [4.69, 9.17) is 10.9 Å². The van der Waals surface area contributed by atoms with Crippen molar-refractivity contribution >= 4 is 34.0 Å². The highest BCUT2D eigenvalue weighted by atomic mass is 32.2. The number of halogens is 1. The first-order valence-electron chi connectivity index (χ1n) is 10.4. The topological polar surface area (TPSA) is 110 Å². The summed E-state index contributed by atoms with van der Waals surface area (Å²) in [6, 6.07) is 1.87. The maximum absolute atomic E-state index is 13.5. The molecule has 1 aliphatic heterocycles. The molecule has 2 amide bonds. The van der Waals surface area contributed by atoms with Gasteiger partial charge in [0.1, 0.15) is 15.2 Å². The molecule has 9 heteroatoms. The lowest BCUT2D eigenvalue weighted by atomic mass is 9.83. The van der Waals surface area contributed by atoms with Crippen LogP contribution >= 0.6 is 11.3 Å². The van der Waals surface area contributed by atoms with Crippen LogP contribution in [0.5, 0.6) is 0 Å². The molecule has 1 unspecified atom stereocenters. The second-order valence-corrected chi connectivity index (χ2v) is 9.57. The average Bonchev–Trinajstić information content (AvgIpc) is 3.31. The highest BCUT2D eigenvalue weighted by Crippen LogP contribution is 2.39. The summed E-state index contributed by atoms with van der Waals surface area (Å²) < 4.78 is 24.6. The minimum Gasteiger partial charge on any atom is -0.351 e. The van der Waals surface area contributed by atoms with Gasteiger partial charge in [-0.1, -0.05) is 19.9 Å². The van der Waals surface area contributed by atoms with E-state index in [1.807, 2.05) is 13.8 Å². The van der Waals surface area contributed by atoms with Gasteiger partial charge < -0.3 is 16.4 Å². The van der Waals surface area contributed by atoms with Crippen molar-refractivity contribution in [3.63, 3.8) is 0 Å². The molecule has 30 heavy (non-hydrogen) atoms. The maximum Gasteiger partial charge on any atom is 0.316 e. The van der Waals surface area contributed by atoms with Gasteiger partial charge in [-0.3, -0.25) is 0 Å². The summed E-state index contributed by atoms with van der Waals surface area (Å²) in [5, 5.41) is 11.0. The second-order valence-electron chi connectivity index (χ2n) is 7.20. The van der Waals surface area contributed by atoms with Gasteiger partial charge >= 0.3 is 6.03 Å². The van der Waals surface area contributed by atoms with Gasteiger partial charge in [-0.2, -0.15) is 0 Å². The fourth-order valence-electron chi connectivity index (χ4n) is 4.10. The molecule has 0 fully saturated rings. The summed E-state index contributed by atoms with van der Waals surface area (Å²) in [6.45, 7) is 5.37. The number of carbonyl (C=O) groups excluding carboxylic acids is 1. The van der Waals surface area contributed by atoms with E-state index in [1.54, 1.807) is 0 Å². The number of fused-ring (bicyclic) bond motifs is 3. The Kier molecular flexibility index (Phi) is 7.62. The van der Waals surface area contributed by atoms with E-state index in [-0.39, 0.29) is 10.0 Å². The Balaban J connectivity index is 0.000000159. The Hall–Kier alpha value is -1.81. The molecule has 0 radical (unpaired) electrons. The molecule has 0 spiro atoms. The van der Waals surface area contributed by atoms with Crippen molar-refractivity contribution in [3.05, 3.63) is 44.6 Å². The second kappa shape index (κ2) is 10.00. The number of nitrogens with two attached hydrogens (primary N) is 2. The summed E-state index contributed by atoms with van der Waals surface area (Å²) >= 11 is 1.23. The van der Waals surface area contributed by atoms with E-state index in [1.165, 1.54) is 40.0 Å². The van der Waals surface area contributed by atoms with Gasteiger partial charge in [0.2, 0.25) is 0 Å².